The molecule has 4 rings (SSSR count). The van der Waals surface area contributed by atoms with Gasteiger partial charge in [-0.1, -0.05) is 6.92 Å². The van der Waals surface area contributed by atoms with Gasteiger partial charge in [0.05, 0.1) is 33.4 Å². The van der Waals surface area contributed by atoms with E-state index in [1.807, 2.05) is 6.92 Å². The molecule has 10 nitrogen and oxygen atoms in total. The predicted molar refractivity (Wildman–Crippen MR) is 121 cm³/mol. The number of nitrogens with one attached hydrogen (secondary N) is 2. The number of aliphatic hydroxyl groups excluding tert-OH is 2. The summed E-state index contributed by atoms with van der Waals surface area (Å²) < 4.78 is 27.7. The summed E-state index contributed by atoms with van der Waals surface area (Å²) in [7, 11) is 4.55. The molecular formula is C24H30N2O8. The fourth-order valence-corrected chi connectivity index (χ4v) is 4.85. The van der Waals surface area contributed by atoms with E-state index in [1.165, 1.54) is 21.3 Å². The standard InChI is InChI=1S/C24H30N2O8/c1-5-25-26-24(29)21-15(10-27)22(28)14-9-17-16(33-11-34-17)8-13(14)20(21)12-6-18(30-2)23(32-4)19(7-12)31-3/h6-9,15,20-22,25,27-28H,5,10-11H2,1-4H3,(H,26,29)/t15-,20?,21?,22?/m0/s1. The van der Waals surface area contributed by atoms with Gasteiger partial charge in [-0.25, -0.2) is 5.43 Å². The molecule has 1 amide bonds. The summed E-state index contributed by atoms with van der Waals surface area (Å²) in [5.41, 5.74) is 7.47. The van der Waals surface area contributed by atoms with Crippen molar-refractivity contribution < 1.29 is 38.7 Å². The van der Waals surface area contributed by atoms with Gasteiger partial charge in [0.25, 0.3) is 0 Å². The molecule has 10 heteroatoms. The fourth-order valence-electron chi connectivity index (χ4n) is 4.85. The van der Waals surface area contributed by atoms with Crippen LogP contribution < -0.4 is 34.5 Å². The minimum Gasteiger partial charge on any atom is -0.493 e. The van der Waals surface area contributed by atoms with E-state index in [-0.39, 0.29) is 12.7 Å². The molecule has 2 aliphatic rings. The molecule has 1 heterocycles. The van der Waals surface area contributed by atoms with Gasteiger partial charge in [0.15, 0.2) is 23.0 Å². The Hall–Kier alpha value is -3.21. The molecule has 1 aliphatic carbocycles. The third-order valence-electron chi connectivity index (χ3n) is 6.41. The molecule has 0 radical (unpaired) electrons. The van der Waals surface area contributed by atoms with Crippen molar-refractivity contribution >= 4 is 5.91 Å². The van der Waals surface area contributed by atoms with Gasteiger partial charge in [0.1, 0.15) is 0 Å². The molecule has 4 N–H and O–H groups in total. The number of hydrazine groups is 1. The van der Waals surface area contributed by atoms with E-state index in [2.05, 4.69) is 10.9 Å². The number of amides is 1. The van der Waals surface area contributed by atoms with Crippen molar-refractivity contribution in [1.82, 2.24) is 10.9 Å². The van der Waals surface area contributed by atoms with E-state index in [9.17, 15) is 15.0 Å². The molecule has 0 saturated carbocycles. The lowest BCUT2D eigenvalue weighted by atomic mass is 9.65. The highest BCUT2D eigenvalue weighted by molar-refractivity contribution is 5.81. The van der Waals surface area contributed by atoms with Crippen LogP contribution in [-0.2, 0) is 4.79 Å². The van der Waals surface area contributed by atoms with Gasteiger partial charge < -0.3 is 33.9 Å². The first kappa shape index (κ1) is 23.9. The van der Waals surface area contributed by atoms with Gasteiger partial charge in [-0.05, 0) is 41.0 Å². The SMILES string of the molecule is CCNNC(=O)C1C(c2cc(OC)c(OC)c(OC)c2)c2cc3c(cc2C(O)[C@H]1CO)OCO3. The molecule has 184 valence electrons. The van der Waals surface area contributed by atoms with Crippen molar-refractivity contribution in [2.75, 3.05) is 41.3 Å². The molecule has 4 atom stereocenters. The minimum atomic E-state index is -1.09. The first-order valence-electron chi connectivity index (χ1n) is 11.0. The summed E-state index contributed by atoms with van der Waals surface area (Å²) in [6.07, 6.45) is -1.09. The second-order valence-corrected chi connectivity index (χ2v) is 8.11. The Morgan fingerprint density at radius 1 is 1.03 bits per heavy atom. The topological polar surface area (TPSA) is 128 Å². The Morgan fingerprint density at radius 3 is 2.18 bits per heavy atom. The maximum atomic E-state index is 13.4. The lowest BCUT2D eigenvalue weighted by Crippen LogP contribution is -2.49. The molecule has 2 aromatic carbocycles. The molecule has 0 spiro atoms. The summed E-state index contributed by atoms with van der Waals surface area (Å²) in [6, 6.07) is 7.06. The largest absolute Gasteiger partial charge is 0.493 e. The highest BCUT2D eigenvalue weighted by atomic mass is 16.7. The van der Waals surface area contributed by atoms with Crippen molar-refractivity contribution in [3.8, 4) is 28.7 Å². The van der Waals surface area contributed by atoms with Crippen LogP contribution in [0, 0.1) is 11.8 Å². The van der Waals surface area contributed by atoms with E-state index in [4.69, 9.17) is 23.7 Å². The smallest absolute Gasteiger partial charge is 0.238 e. The van der Waals surface area contributed by atoms with Crippen molar-refractivity contribution in [2.24, 2.45) is 11.8 Å². The third-order valence-corrected chi connectivity index (χ3v) is 6.41. The Labute approximate surface area is 197 Å². The molecule has 2 aromatic rings. The second kappa shape index (κ2) is 9.96. The number of fused-ring (bicyclic) bond motifs is 2. The number of rotatable bonds is 8. The number of benzene rings is 2. The zero-order valence-corrected chi connectivity index (χ0v) is 19.6. The van der Waals surface area contributed by atoms with Gasteiger partial charge in [-0.2, -0.15) is 0 Å². The number of ether oxygens (including phenoxy) is 5. The van der Waals surface area contributed by atoms with E-state index in [0.717, 1.165) is 0 Å². The number of carbonyl (C=O) groups excluding carboxylic acids is 1. The monoisotopic (exact) mass is 474 g/mol. The molecule has 0 bridgehead atoms. The van der Waals surface area contributed by atoms with Crippen LogP contribution in [0.4, 0.5) is 0 Å². The van der Waals surface area contributed by atoms with E-state index < -0.39 is 30.5 Å². The summed E-state index contributed by atoms with van der Waals surface area (Å²) in [5, 5.41) is 21.5. The lowest BCUT2D eigenvalue weighted by Gasteiger charge is -2.41. The van der Waals surface area contributed by atoms with Crippen LogP contribution in [-0.4, -0.2) is 57.4 Å². The molecule has 34 heavy (non-hydrogen) atoms. The molecule has 3 unspecified atom stereocenters. The molecule has 1 aliphatic heterocycles. The highest BCUT2D eigenvalue weighted by Gasteiger charge is 2.47. The lowest BCUT2D eigenvalue weighted by molar-refractivity contribution is -0.132. The van der Waals surface area contributed by atoms with Crippen molar-refractivity contribution in [2.45, 2.75) is 18.9 Å². The second-order valence-electron chi connectivity index (χ2n) is 8.11. The Bertz CT molecular complexity index is 1030. The Morgan fingerprint density at radius 2 is 1.65 bits per heavy atom. The summed E-state index contributed by atoms with van der Waals surface area (Å²) >= 11 is 0. The zero-order valence-electron chi connectivity index (χ0n) is 19.6. The molecule has 0 fully saturated rings. The van der Waals surface area contributed by atoms with Crippen LogP contribution in [0.2, 0.25) is 0 Å². The maximum absolute atomic E-state index is 13.4. The fraction of sp³-hybridized carbons (Fsp3) is 0.458. The number of aliphatic hydroxyl groups is 2. The van der Waals surface area contributed by atoms with Crippen molar-refractivity contribution in [3.05, 3.63) is 41.0 Å². The molecule has 0 saturated heterocycles. The normalized spacial score (nSPS) is 22.6. The van der Waals surface area contributed by atoms with E-state index in [1.54, 1.807) is 24.3 Å². The van der Waals surface area contributed by atoms with Crippen LogP contribution in [0.15, 0.2) is 24.3 Å². The van der Waals surface area contributed by atoms with Gasteiger partial charge in [0, 0.05) is 25.0 Å². The average molecular weight is 475 g/mol. The summed E-state index contributed by atoms with van der Waals surface area (Å²) in [5.74, 6) is -0.230. The number of hydrogen-bond donors (Lipinski definition) is 4. The van der Waals surface area contributed by atoms with Gasteiger partial charge >= 0.3 is 0 Å². The van der Waals surface area contributed by atoms with Crippen molar-refractivity contribution in [3.63, 3.8) is 0 Å². The van der Waals surface area contributed by atoms with Crippen LogP contribution in [0.1, 0.15) is 35.6 Å². The predicted octanol–water partition coefficient (Wildman–Crippen LogP) is 1.49. The number of hydrogen-bond acceptors (Lipinski definition) is 9. The summed E-state index contributed by atoms with van der Waals surface area (Å²) in [4.78, 5) is 13.4. The van der Waals surface area contributed by atoms with Gasteiger partial charge in [0.2, 0.25) is 18.4 Å². The zero-order chi connectivity index (χ0) is 24.4. The first-order chi connectivity index (χ1) is 16.5. The average Bonchev–Trinajstić information content (AvgIpc) is 3.32. The third kappa shape index (κ3) is 3.97. The van der Waals surface area contributed by atoms with Crippen LogP contribution in [0.25, 0.3) is 0 Å². The van der Waals surface area contributed by atoms with Crippen LogP contribution in [0.3, 0.4) is 0 Å². The van der Waals surface area contributed by atoms with Gasteiger partial charge in [-0.3, -0.25) is 10.2 Å². The number of carbonyl (C=O) groups is 1. The molecule has 0 aromatic heterocycles. The van der Waals surface area contributed by atoms with E-state index >= 15 is 0 Å². The Balaban J connectivity index is 1.96. The van der Waals surface area contributed by atoms with Gasteiger partial charge in [-0.15, -0.1) is 0 Å². The number of methoxy groups -OCH3 is 3. The first-order valence-corrected chi connectivity index (χ1v) is 11.0. The highest BCUT2D eigenvalue weighted by Crippen LogP contribution is 2.53. The molecular weight excluding hydrogens is 444 g/mol. The quantitative estimate of drug-likeness (QED) is 0.421. The minimum absolute atomic E-state index is 0.0664. The van der Waals surface area contributed by atoms with Crippen molar-refractivity contribution in [1.29, 1.82) is 0 Å². The van der Waals surface area contributed by atoms with Crippen LogP contribution >= 0.6 is 0 Å². The van der Waals surface area contributed by atoms with E-state index in [0.29, 0.717) is 52.0 Å². The Kier molecular flexibility index (Phi) is 7.01. The van der Waals surface area contributed by atoms with Crippen LogP contribution in [0.5, 0.6) is 28.7 Å². The summed E-state index contributed by atoms with van der Waals surface area (Å²) in [6.45, 7) is 2.03. The maximum Gasteiger partial charge on any atom is 0.238 e.